The Labute approximate surface area is 167 Å². The topological polar surface area (TPSA) is 110 Å². The van der Waals surface area contributed by atoms with E-state index >= 15 is 0 Å². The van der Waals surface area contributed by atoms with Crippen LogP contribution in [0.3, 0.4) is 0 Å². The first-order chi connectivity index (χ1) is 13.8. The first kappa shape index (κ1) is 20.4. The number of benzene rings is 1. The number of fused-ring (bicyclic) bond motifs is 1. The number of esters is 1. The molecule has 0 saturated carbocycles. The van der Waals surface area contributed by atoms with E-state index in [0.29, 0.717) is 5.56 Å². The number of aromatic nitrogens is 1. The fraction of sp³-hybridized carbons (Fsp3) is 0.400. The Morgan fingerprint density at radius 2 is 1.79 bits per heavy atom. The third-order valence-corrected chi connectivity index (χ3v) is 4.73. The molecule has 0 aliphatic carbocycles. The Kier molecular flexibility index (Phi) is 5.86. The summed E-state index contributed by atoms with van der Waals surface area (Å²) >= 11 is 0. The molecule has 1 aliphatic heterocycles. The van der Waals surface area contributed by atoms with E-state index < -0.39 is 23.2 Å². The van der Waals surface area contributed by atoms with Gasteiger partial charge in [0.05, 0.1) is 11.0 Å². The molecule has 0 spiro atoms. The maximum atomic E-state index is 12.6. The monoisotopic (exact) mass is 402 g/mol. The normalized spacial score (nSPS) is 12.5. The highest BCUT2D eigenvalue weighted by Crippen LogP contribution is 2.36. The molecule has 0 unspecified atom stereocenters. The Morgan fingerprint density at radius 1 is 1.14 bits per heavy atom. The Morgan fingerprint density at radius 3 is 2.41 bits per heavy atom. The van der Waals surface area contributed by atoms with Crippen molar-refractivity contribution in [3.05, 3.63) is 50.8 Å². The van der Waals surface area contributed by atoms with Gasteiger partial charge in [0.2, 0.25) is 5.78 Å². The summed E-state index contributed by atoms with van der Waals surface area (Å²) in [7, 11) is 0. The standard InChI is InChI=1S/C20H22N2O7/c1-4-5-21-12(2)8-14(13(21)3)17(23)11-29-20(24)15-9-18-19(28-7-6-27-18)10-16(15)22(25)26/h8-10H,4-7,11H2,1-3H3. The van der Waals surface area contributed by atoms with Crippen molar-refractivity contribution in [2.45, 2.75) is 33.7 Å². The molecule has 3 rings (SSSR count). The summed E-state index contributed by atoms with van der Waals surface area (Å²) in [5, 5.41) is 11.3. The van der Waals surface area contributed by atoms with Crippen LogP contribution in [-0.2, 0) is 11.3 Å². The Bertz CT molecular complexity index is 978. The molecule has 2 aromatic rings. The van der Waals surface area contributed by atoms with Gasteiger partial charge in [-0.25, -0.2) is 4.79 Å². The molecule has 1 aromatic heterocycles. The zero-order valence-corrected chi connectivity index (χ0v) is 16.5. The minimum Gasteiger partial charge on any atom is -0.486 e. The van der Waals surface area contributed by atoms with Crippen molar-refractivity contribution in [2.24, 2.45) is 0 Å². The van der Waals surface area contributed by atoms with Crippen LogP contribution in [0.15, 0.2) is 18.2 Å². The molecule has 1 aliphatic rings. The van der Waals surface area contributed by atoms with Gasteiger partial charge in [-0.05, 0) is 26.3 Å². The van der Waals surface area contributed by atoms with E-state index in [1.165, 1.54) is 6.07 Å². The van der Waals surface area contributed by atoms with Crippen molar-refractivity contribution in [3.63, 3.8) is 0 Å². The minimum absolute atomic E-state index is 0.193. The summed E-state index contributed by atoms with van der Waals surface area (Å²) in [6, 6.07) is 4.10. The SMILES string of the molecule is CCCn1c(C)cc(C(=O)COC(=O)c2cc3c(cc2[N+](=O)[O-])OCCO3)c1C. The van der Waals surface area contributed by atoms with Crippen LogP contribution >= 0.6 is 0 Å². The van der Waals surface area contributed by atoms with Crippen LogP contribution in [-0.4, -0.2) is 41.1 Å². The number of ether oxygens (including phenoxy) is 3. The number of hydrogen-bond donors (Lipinski definition) is 0. The lowest BCUT2D eigenvalue weighted by Gasteiger charge is -2.18. The molecule has 0 radical (unpaired) electrons. The molecule has 9 nitrogen and oxygen atoms in total. The van der Waals surface area contributed by atoms with Crippen LogP contribution in [0.4, 0.5) is 5.69 Å². The Hall–Kier alpha value is -3.36. The third-order valence-electron chi connectivity index (χ3n) is 4.73. The van der Waals surface area contributed by atoms with Gasteiger partial charge in [0, 0.05) is 29.6 Å². The number of ketones is 1. The molecular weight excluding hydrogens is 380 g/mol. The third kappa shape index (κ3) is 4.08. The Balaban J connectivity index is 1.78. The lowest BCUT2D eigenvalue weighted by molar-refractivity contribution is -0.385. The molecule has 0 fully saturated rings. The van der Waals surface area contributed by atoms with Gasteiger partial charge in [0.15, 0.2) is 18.1 Å². The van der Waals surface area contributed by atoms with Gasteiger partial charge in [0.25, 0.3) is 5.69 Å². The zero-order valence-electron chi connectivity index (χ0n) is 16.5. The second-order valence-electron chi connectivity index (χ2n) is 6.71. The van der Waals surface area contributed by atoms with Gasteiger partial charge in [-0.3, -0.25) is 14.9 Å². The zero-order chi connectivity index (χ0) is 21.1. The number of aryl methyl sites for hydroxylation is 1. The van der Waals surface area contributed by atoms with E-state index in [1.54, 1.807) is 6.07 Å². The van der Waals surface area contributed by atoms with Crippen molar-refractivity contribution < 1.29 is 28.7 Å². The summed E-state index contributed by atoms with van der Waals surface area (Å²) in [4.78, 5) is 35.7. The number of rotatable bonds is 7. The molecular formula is C20H22N2O7. The number of Topliss-reactive ketones (excluding diaryl/α,β-unsaturated/α-hetero) is 1. The smallest absolute Gasteiger partial charge is 0.345 e. The molecule has 0 bridgehead atoms. The second kappa shape index (κ2) is 8.34. The van der Waals surface area contributed by atoms with Crippen LogP contribution in [0, 0.1) is 24.0 Å². The number of nitro benzene ring substituents is 1. The van der Waals surface area contributed by atoms with Gasteiger partial charge in [-0.1, -0.05) is 6.92 Å². The minimum atomic E-state index is -0.968. The van der Waals surface area contributed by atoms with E-state index in [1.807, 2.05) is 25.3 Å². The quantitative estimate of drug-likeness (QED) is 0.303. The molecule has 1 aromatic carbocycles. The van der Waals surface area contributed by atoms with Crippen molar-refractivity contribution in [3.8, 4) is 11.5 Å². The van der Waals surface area contributed by atoms with Gasteiger partial charge in [0.1, 0.15) is 18.8 Å². The molecule has 29 heavy (non-hydrogen) atoms. The highest BCUT2D eigenvalue weighted by atomic mass is 16.6. The first-order valence-corrected chi connectivity index (χ1v) is 9.28. The maximum Gasteiger partial charge on any atom is 0.345 e. The summed E-state index contributed by atoms with van der Waals surface area (Å²) in [5.41, 5.74) is 1.47. The van der Waals surface area contributed by atoms with Gasteiger partial charge in [-0.15, -0.1) is 0 Å². The van der Waals surface area contributed by atoms with Crippen LogP contribution in [0.2, 0.25) is 0 Å². The molecule has 9 heteroatoms. The summed E-state index contributed by atoms with van der Waals surface area (Å²) < 4.78 is 17.8. The molecule has 0 amide bonds. The van der Waals surface area contributed by atoms with Crippen molar-refractivity contribution >= 4 is 17.4 Å². The van der Waals surface area contributed by atoms with Crippen molar-refractivity contribution in [2.75, 3.05) is 19.8 Å². The van der Waals surface area contributed by atoms with Crippen molar-refractivity contribution in [1.29, 1.82) is 0 Å². The maximum absolute atomic E-state index is 12.6. The van der Waals surface area contributed by atoms with Gasteiger partial charge >= 0.3 is 5.97 Å². The van der Waals surface area contributed by atoms with Crippen LogP contribution in [0.25, 0.3) is 0 Å². The van der Waals surface area contributed by atoms with Crippen molar-refractivity contribution in [1.82, 2.24) is 4.57 Å². The largest absolute Gasteiger partial charge is 0.486 e. The predicted octanol–water partition coefficient (Wildman–Crippen LogP) is 3.23. The highest BCUT2D eigenvalue weighted by molar-refractivity contribution is 6.01. The highest BCUT2D eigenvalue weighted by Gasteiger charge is 2.28. The molecule has 2 heterocycles. The van der Waals surface area contributed by atoms with Crippen LogP contribution in [0.5, 0.6) is 11.5 Å². The average Bonchev–Trinajstić information content (AvgIpc) is 2.99. The summed E-state index contributed by atoms with van der Waals surface area (Å²) in [5.74, 6) is -0.916. The average molecular weight is 402 g/mol. The van der Waals surface area contributed by atoms with E-state index in [2.05, 4.69) is 0 Å². The molecule has 0 saturated heterocycles. The van der Waals surface area contributed by atoms with Gasteiger partial charge in [-0.2, -0.15) is 0 Å². The molecule has 154 valence electrons. The van der Waals surface area contributed by atoms with Crippen LogP contribution < -0.4 is 9.47 Å². The number of nitro groups is 1. The number of carbonyl (C=O) groups is 2. The second-order valence-corrected chi connectivity index (χ2v) is 6.71. The summed E-state index contributed by atoms with van der Waals surface area (Å²) in [6.45, 7) is 6.59. The van der Waals surface area contributed by atoms with Gasteiger partial charge < -0.3 is 18.8 Å². The summed E-state index contributed by atoms with van der Waals surface area (Å²) in [6.07, 6.45) is 0.923. The fourth-order valence-corrected chi connectivity index (χ4v) is 3.33. The lowest BCUT2D eigenvalue weighted by atomic mass is 10.1. The van der Waals surface area contributed by atoms with Crippen LogP contribution in [0.1, 0.15) is 45.4 Å². The molecule has 0 N–H and O–H groups in total. The number of hydrogen-bond acceptors (Lipinski definition) is 7. The number of nitrogens with zero attached hydrogens (tertiary/aromatic N) is 2. The fourth-order valence-electron chi connectivity index (χ4n) is 3.33. The van der Waals surface area contributed by atoms with E-state index in [0.717, 1.165) is 30.4 Å². The van der Waals surface area contributed by atoms with E-state index in [-0.39, 0.29) is 36.1 Å². The lowest BCUT2D eigenvalue weighted by Crippen LogP contribution is -2.18. The van der Waals surface area contributed by atoms with E-state index in [9.17, 15) is 19.7 Å². The van der Waals surface area contributed by atoms with E-state index in [4.69, 9.17) is 14.2 Å². The first-order valence-electron chi connectivity index (χ1n) is 9.28. The number of carbonyl (C=O) groups excluding carboxylic acids is 2. The predicted molar refractivity (Wildman–Crippen MR) is 103 cm³/mol. The molecule has 0 atom stereocenters.